The van der Waals surface area contributed by atoms with E-state index in [-0.39, 0.29) is 6.04 Å². The van der Waals surface area contributed by atoms with Gasteiger partial charge in [0.1, 0.15) is 5.03 Å². The first-order valence-electron chi connectivity index (χ1n) is 5.56. The van der Waals surface area contributed by atoms with Crippen molar-refractivity contribution in [1.82, 2.24) is 9.97 Å². The van der Waals surface area contributed by atoms with E-state index in [1.54, 1.807) is 23.1 Å². The predicted octanol–water partition coefficient (Wildman–Crippen LogP) is 2.97. The van der Waals surface area contributed by atoms with Gasteiger partial charge in [-0.15, -0.1) is 11.3 Å². The summed E-state index contributed by atoms with van der Waals surface area (Å²) in [5.74, 6) is 0. The summed E-state index contributed by atoms with van der Waals surface area (Å²) < 4.78 is 1.02. The minimum absolute atomic E-state index is 0.204. The molecule has 2 rings (SSSR count). The van der Waals surface area contributed by atoms with Gasteiger partial charge in [0.05, 0.1) is 0 Å². The molecule has 2 N–H and O–H groups in total. The molecule has 2 heterocycles. The maximum atomic E-state index is 6.00. The normalized spacial score (nSPS) is 12.6. The van der Waals surface area contributed by atoms with Crippen molar-refractivity contribution in [2.24, 2.45) is 5.73 Å². The van der Waals surface area contributed by atoms with Crippen molar-refractivity contribution in [2.75, 3.05) is 0 Å². The van der Waals surface area contributed by atoms with Crippen LogP contribution in [0.3, 0.4) is 0 Å². The zero-order chi connectivity index (χ0) is 12.1. The molecule has 0 aliphatic rings. The smallest absolute Gasteiger partial charge is 0.156 e. The summed E-state index contributed by atoms with van der Waals surface area (Å²) in [6, 6.07) is 4.26. The van der Waals surface area contributed by atoms with Crippen molar-refractivity contribution in [3.63, 3.8) is 0 Å². The topological polar surface area (TPSA) is 51.8 Å². The first kappa shape index (κ1) is 12.5. The molecule has 0 fully saturated rings. The zero-order valence-corrected chi connectivity index (χ0v) is 11.3. The van der Waals surface area contributed by atoms with Crippen LogP contribution >= 0.6 is 23.1 Å². The summed E-state index contributed by atoms with van der Waals surface area (Å²) in [5.41, 5.74) is 7.21. The van der Waals surface area contributed by atoms with E-state index in [1.807, 2.05) is 23.8 Å². The highest BCUT2D eigenvalue weighted by molar-refractivity contribution is 8.01. The number of aromatic nitrogens is 2. The average molecular weight is 265 g/mol. The third-order valence-electron chi connectivity index (χ3n) is 2.45. The number of hydrogen-bond donors (Lipinski definition) is 1. The molecular weight excluding hydrogens is 250 g/mol. The summed E-state index contributed by atoms with van der Waals surface area (Å²) in [6.45, 7) is 2.11. The first-order chi connectivity index (χ1) is 8.29. The standard InChI is InChI=1S/C12H15N3S2/c1-2-10(13)8-9-4-3-5-14-11(9)17-12-15-6-7-16-12/h3-7,10H,2,8,13H2,1H3. The van der Waals surface area contributed by atoms with E-state index < -0.39 is 0 Å². The lowest BCUT2D eigenvalue weighted by atomic mass is 10.1. The monoisotopic (exact) mass is 265 g/mol. The van der Waals surface area contributed by atoms with Crippen LogP contribution in [0.1, 0.15) is 18.9 Å². The summed E-state index contributed by atoms with van der Waals surface area (Å²) in [5, 5.41) is 2.99. The van der Waals surface area contributed by atoms with Crippen LogP contribution < -0.4 is 5.73 Å². The Morgan fingerprint density at radius 2 is 2.29 bits per heavy atom. The number of rotatable bonds is 5. The van der Waals surface area contributed by atoms with Gasteiger partial charge in [-0.05, 0) is 36.2 Å². The fraction of sp³-hybridized carbons (Fsp3) is 0.333. The van der Waals surface area contributed by atoms with Crippen molar-refractivity contribution in [2.45, 2.75) is 35.2 Å². The predicted molar refractivity (Wildman–Crippen MR) is 72.4 cm³/mol. The molecule has 1 atom stereocenters. The van der Waals surface area contributed by atoms with Crippen molar-refractivity contribution < 1.29 is 0 Å². The summed E-state index contributed by atoms with van der Waals surface area (Å²) >= 11 is 3.25. The number of nitrogens with two attached hydrogens (primary N) is 1. The van der Waals surface area contributed by atoms with Crippen molar-refractivity contribution in [3.05, 3.63) is 35.5 Å². The van der Waals surface area contributed by atoms with Crippen LogP contribution in [0.25, 0.3) is 0 Å². The molecule has 2 aromatic heterocycles. The summed E-state index contributed by atoms with van der Waals surface area (Å²) in [4.78, 5) is 8.68. The van der Waals surface area contributed by atoms with E-state index >= 15 is 0 Å². The Morgan fingerprint density at radius 3 is 3.00 bits per heavy atom. The second-order valence-electron chi connectivity index (χ2n) is 3.74. The highest BCUT2D eigenvalue weighted by atomic mass is 32.2. The molecule has 17 heavy (non-hydrogen) atoms. The van der Waals surface area contributed by atoms with Crippen LogP contribution in [0.15, 0.2) is 39.3 Å². The van der Waals surface area contributed by atoms with Gasteiger partial charge >= 0.3 is 0 Å². The van der Waals surface area contributed by atoms with E-state index in [2.05, 4.69) is 23.0 Å². The van der Waals surface area contributed by atoms with Gasteiger partial charge < -0.3 is 5.73 Å². The van der Waals surface area contributed by atoms with Gasteiger partial charge in [0.2, 0.25) is 0 Å². The van der Waals surface area contributed by atoms with Gasteiger partial charge in [0, 0.05) is 23.8 Å². The first-order valence-corrected chi connectivity index (χ1v) is 7.26. The highest BCUT2D eigenvalue weighted by Crippen LogP contribution is 2.30. The Morgan fingerprint density at radius 1 is 1.41 bits per heavy atom. The molecular formula is C12H15N3S2. The fourth-order valence-corrected chi connectivity index (χ4v) is 3.07. The zero-order valence-electron chi connectivity index (χ0n) is 9.67. The number of hydrogen-bond acceptors (Lipinski definition) is 5. The largest absolute Gasteiger partial charge is 0.327 e. The van der Waals surface area contributed by atoms with Gasteiger partial charge in [-0.3, -0.25) is 0 Å². The highest BCUT2D eigenvalue weighted by Gasteiger charge is 2.09. The quantitative estimate of drug-likeness (QED) is 0.903. The molecule has 2 aromatic rings. The second kappa shape index (κ2) is 6.14. The second-order valence-corrected chi connectivity index (χ2v) is 5.87. The summed E-state index contributed by atoms with van der Waals surface area (Å²) in [7, 11) is 0. The Hall–Kier alpha value is -0.910. The summed E-state index contributed by atoms with van der Waals surface area (Å²) in [6.07, 6.45) is 5.48. The fourth-order valence-electron chi connectivity index (χ4n) is 1.44. The molecule has 0 aliphatic carbocycles. The van der Waals surface area contributed by atoms with Gasteiger partial charge in [-0.1, -0.05) is 13.0 Å². The van der Waals surface area contributed by atoms with E-state index in [1.165, 1.54) is 5.56 Å². The third kappa shape index (κ3) is 3.52. The number of pyridine rings is 1. The van der Waals surface area contributed by atoms with E-state index in [0.717, 1.165) is 22.2 Å². The molecule has 1 unspecified atom stereocenters. The molecule has 0 radical (unpaired) electrons. The molecule has 90 valence electrons. The van der Waals surface area contributed by atoms with E-state index in [4.69, 9.17) is 5.73 Å². The van der Waals surface area contributed by atoms with Crippen molar-refractivity contribution in [1.29, 1.82) is 0 Å². The lowest BCUT2D eigenvalue weighted by Gasteiger charge is -2.11. The van der Waals surface area contributed by atoms with Gasteiger partial charge in [0.15, 0.2) is 4.34 Å². The molecule has 0 saturated heterocycles. The molecule has 0 amide bonds. The molecule has 0 aliphatic heterocycles. The Labute approximate surface area is 109 Å². The van der Waals surface area contributed by atoms with Crippen LogP contribution in [0, 0.1) is 0 Å². The minimum Gasteiger partial charge on any atom is -0.327 e. The van der Waals surface area contributed by atoms with Crippen LogP contribution in [-0.4, -0.2) is 16.0 Å². The maximum Gasteiger partial charge on any atom is 0.156 e. The SMILES string of the molecule is CCC(N)Cc1cccnc1Sc1nccs1. The Bertz CT molecular complexity index is 457. The van der Waals surface area contributed by atoms with E-state index in [9.17, 15) is 0 Å². The molecule has 5 heteroatoms. The van der Waals surface area contributed by atoms with Gasteiger partial charge in [-0.25, -0.2) is 9.97 Å². The lowest BCUT2D eigenvalue weighted by molar-refractivity contribution is 0.637. The van der Waals surface area contributed by atoms with E-state index in [0.29, 0.717) is 0 Å². The van der Waals surface area contributed by atoms with Crippen LogP contribution in [0.4, 0.5) is 0 Å². The molecule has 0 saturated carbocycles. The average Bonchev–Trinajstić information content (AvgIpc) is 2.84. The molecule has 0 spiro atoms. The third-order valence-corrected chi connectivity index (χ3v) is 4.39. The lowest BCUT2D eigenvalue weighted by Crippen LogP contribution is -2.21. The minimum atomic E-state index is 0.204. The van der Waals surface area contributed by atoms with Gasteiger partial charge in [-0.2, -0.15) is 0 Å². The van der Waals surface area contributed by atoms with Crippen LogP contribution in [0.2, 0.25) is 0 Å². The van der Waals surface area contributed by atoms with Crippen molar-refractivity contribution >= 4 is 23.1 Å². The number of nitrogens with zero attached hydrogens (tertiary/aromatic N) is 2. The number of thiazole rings is 1. The van der Waals surface area contributed by atoms with Crippen LogP contribution in [-0.2, 0) is 6.42 Å². The van der Waals surface area contributed by atoms with Crippen LogP contribution in [0.5, 0.6) is 0 Å². The molecule has 0 bridgehead atoms. The molecule has 0 aromatic carbocycles. The van der Waals surface area contributed by atoms with Crippen molar-refractivity contribution in [3.8, 4) is 0 Å². The Kier molecular flexibility index (Phi) is 4.53. The van der Waals surface area contributed by atoms with Gasteiger partial charge in [0.25, 0.3) is 0 Å². The Balaban J connectivity index is 2.15. The molecule has 3 nitrogen and oxygen atoms in total. The maximum absolute atomic E-state index is 6.00.